The molecule has 0 fully saturated rings. The predicted octanol–water partition coefficient (Wildman–Crippen LogP) is 2.73. The molecule has 0 aliphatic rings. The van der Waals surface area contributed by atoms with Crippen LogP contribution in [0.25, 0.3) is 0 Å². The normalized spacial score (nSPS) is 11.6. The lowest BCUT2D eigenvalue weighted by Crippen LogP contribution is -2.41. The van der Waals surface area contributed by atoms with Gasteiger partial charge in [0.05, 0.1) is 18.3 Å². The highest BCUT2D eigenvalue weighted by atomic mass is 19.2. The first-order valence-corrected chi connectivity index (χ1v) is 7.95. The highest BCUT2D eigenvalue weighted by Crippen LogP contribution is 2.19. The molecule has 0 spiro atoms. The lowest BCUT2D eigenvalue weighted by molar-refractivity contribution is -0.115. The van der Waals surface area contributed by atoms with Crippen LogP contribution in [-0.4, -0.2) is 32.1 Å². The third-order valence-corrected chi connectivity index (χ3v) is 3.62. The molecule has 2 aromatic carbocycles. The van der Waals surface area contributed by atoms with Crippen molar-refractivity contribution in [2.45, 2.75) is 6.10 Å². The Kier molecular flexibility index (Phi) is 7.18. The van der Waals surface area contributed by atoms with Crippen molar-refractivity contribution in [2.75, 3.05) is 25.5 Å². The number of hydrogen-bond donors (Lipinski definition) is 3. The fraction of sp³-hybridized carbons (Fsp3) is 0.222. The monoisotopic (exact) mass is 381 g/mol. The highest BCUT2D eigenvalue weighted by Gasteiger charge is 2.16. The van der Waals surface area contributed by atoms with Crippen molar-refractivity contribution in [1.82, 2.24) is 10.6 Å². The maximum Gasteiger partial charge on any atom is 0.315 e. The molecular weight excluding hydrogens is 363 g/mol. The van der Waals surface area contributed by atoms with Crippen LogP contribution in [0.5, 0.6) is 0 Å². The van der Waals surface area contributed by atoms with Gasteiger partial charge in [-0.25, -0.2) is 18.0 Å². The molecule has 144 valence electrons. The van der Waals surface area contributed by atoms with E-state index >= 15 is 0 Å². The number of methoxy groups -OCH3 is 1. The first-order valence-electron chi connectivity index (χ1n) is 7.95. The predicted molar refractivity (Wildman–Crippen MR) is 92.5 cm³/mol. The summed E-state index contributed by atoms with van der Waals surface area (Å²) in [7, 11) is 1.50. The van der Waals surface area contributed by atoms with Gasteiger partial charge in [0, 0.05) is 13.7 Å². The van der Waals surface area contributed by atoms with Gasteiger partial charge in [0.1, 0.15) is 0 Å². The van der Waals surface area contributed by atoms with E-state index in [9.17, 15) is 22.8 Å². The topological polar surface area (TPSA) is 79.5 Å². The van der Waals surface area contributed by atoms with Crippen molar-refractivity contribution in [2.24, 2.45) is 0 Å². The van der Waals surface area contributed by atoms with Crippen molar-refractivity contribution >= 4 is 17.6 Å². The Bertz CT molecular complexity index is 803. The Morgan fingerprint density at radius 3 is 2.37 bits per heavy atom. The Hall–Kier alpha value is -3.07. The summed E-state index contributed by atoms with van der Waals surface area (Å²) >= 11 is 0. The molecule has 2 rings (SSSR count). The van der Waals surface area contributed by atoms with Gasteiger partial charge in [-0.15, -0.1) is 0 Å². The second-order valence-corrected chi connectivity index (χ2v) is 5.47. The number of carbonyl (C=O) groups is 2. The van der Waals surface area contributed by atoms with Crippen molar-refractivity contribution in [3.8, 4) is 0 Å². The van der Waals surface area contributed by atoms with E-state index in [1.165, 1.54) is 7.11 Å². The van der Waals surface area contributed by atoms with Crippen LogP contribution in [0.2, 0.25) is 0 Å². The second-order valence-electron chi connectivity index (χ2n) is 5.47. The van der Waals surface area contributed by atoms with Gasteiger partial charge in [-0.1, -0.05) is 30.3 Å². The van der Waals surface area contributed by atoms with E-state index in [1.54, 1.807) is 0 Å². The zero-order chi connectivity index (χ0) is 19.8. The van der Waals surface area contributed by atoms with Gasteiger partial charge in [0.15, 0.2) is 17.5 Å². The summed E-state index contributed by atoms with van der Waals surface area (Å²) in [5, 5.41) is 6.86. The number of nitrogens with one attached hydrogen (secondary N) is 3. The second kappa shape index (κ2) is 9.58. The molecule has 1 atom stereocenters. The number of hydrogen-bond acceptors (Lipinski definition) is 3. The number of rotatable bonds is 7. The van der Waals surface area contributed by atoms with E-state index in [0.29, 0.717) is 6.07 Å². The minimum absolute atomic E-state index is 0.158. The van der Waals surface area contributed by atoms with Crippen LogP contribution in [0.1, 0.15) is 11.7 Å². The van der Waals surface area contributed by atoms with E-state index in [-0.39, 0.29) is 12.6 Å². The van der Waals surface area contributed by atoms with Gasteiger partial charge < -0.3 is 20.7 Å². The summed E-state index contributed by atoms with van der Waals surface area (Å²) in [5.41, 5.74) is 0.344. The smallest absolute Gasteiger partial charge is 0.315 e. The van der Waals surface area contributed by atoms with Gasteiger partial charge in [0.2, 0.25) is 5.91 Å². The van der Waals surface area contributed by atoms with Crippen LogP contribution in [-0.2, 0) is 9.53 Å². The van der Waals surface area contributed by atoms with E-state index < -0.39 is 41.6 Å². The van der Waals surface area contributed by atoms with E-state index in [1.807, 2.05) is 35.6 Å². The van der Waals surface area contributed by atoms with Gasteiger partial charge in [-0.2, -0.15) is 0 Å². The number of halogens is 3. The molecule has 0 aromatic heterocycles. The SMILES string of the molecule is COC(CNC(=O)NCC(=O)Nc1ccc(F)c(F)c1F)c1ccccc1. The van der Waals surface area contributed by atoms with Gasteiger partial charge in [-0.3, -0.25) is 4.79 Å². The molecule has 3 amide bonds. The fourth-order valence-electron chi connectivity index (χ4n) is 2.23. The van der Waals surface area contributed by atoms with Gasteiger partial charge in [0.25, 0.3) is 0 Å². The maximum absolute atomic E-state index is 13.5. The number of amides is 3. The van der Waals surface area contributed by atoms with Crippen molar-refractivity contribution in [3.05, 3.63) is 65.5 Å². The molecule has 1 unspecified atom stereocenters. The first kappa shape index (κ1) is 20.2. The first-order chi connectivity index (χ1) is 12.9. The lowest BCUT2D eigenvalue weighted by Gasteiger charge is -2.16. The molecule has 0 radical (unpaired) electrons. The summed E-state index contributed by atoms with van der Waals surface area (Å²) in [6.07, 6.45) is -0.373. The Morgan fingerprint density at radius 1 is 1.00 bits per heavy atom. The molecule has 9 heteroatoms. The molecule has 0 aliphatic carbocycles. The molecule has 0 bridgehead atoms. The molecular formula is C18H18F3N3O3. The van der Waals surface area contributed by atoms with Crippen LogP contribution < -0.4 is 16.0 Å². The van der Waals surface area contributed by atoms with E-state index in [2.05, 4.69) is 10.6 Å². The zero-order valence-electron chi connectivity index (χ0n) is 14.4. The Morgan fingerprint density at radius 2 is 1.70 bits per heavy atom. The molecule has 0 aliphatic heterocycles. The largest absolute Gasteiger partial charge is 0.375 e. The summed E-state index contributed by atoms with van der Waals surface area (Å²) in [5.74, 6) is -5.38. The number of anilines is 1. The number of urea groups is 1. The summed E-state index contributed by atoms with van der Waals surface area (Å²) in [6, 6.07) is 10.1. The van der Waals surface area contributed by atoms with Gasteiger partial charge >= 0.3 is 6.03 Å². The van der Waals surface area contributed by atoms with Crippen LogP contribution >= 0.6 is 0 Å². The van der Waals surface area contributed by atoms with Crippen LogP contribution in [0, 0.1) is 17.5 Å². The van der Waals surface area contributed by atoms with Crippen molar-refractivity contribution < 1.29 is 27.5 Å². The standard InChI is InChI=1S/C18H18F3N3O3/c1-27-14(11-5-3-2-4-6-11)9-22-18(26)23-10-15(25)24-13-8-7-12(19)16(20)17(13)21/h2-8,14H,9-10H2,1H3,(H,24,25)(H2,22,23,26). The summed E-state index contributed by atoms with van der Waals surface area (Å²) < 4.78 is 44.7. The Balaban J connectivity index is 1.80. The van der Waals surface area contributed by atoms with E-state index in [0.717, 1.165) is 11.6 Å². The van der Waals surface area contributed by atoms with Crippen LogP contribution in [0.15, 0.2) is 42.5 Å². The Labute approximate surface area is 153 Å². The molecule has 0 saturated heterocycles. The van der Waals surface area contributed by atoms with Crippen molar-refractivity contribution in [1.29, 1.82) is 0 Å². The minimum atomic E-state index is -1.69. The maximum atomic E-state index is 13.5. The molecule has 27 heavy (non-hydrogen) atoms. The van der Waals surface area contributed by atoms with Crippen molar-refractivity contribution in [3.63, 3.8) is 0 Å². The van der Waals surface area contributed by atoms with Crippen LogP contribution in [0.3, 0.4) is 0 Å². The average molecular weight is 381 g/mol. The van der Waals surface area contributed by atoms with Gasteiger partial charge in [-0.05, 0) is 17.7 Å². The van der Waals surface area contributed by atoms with E-state index in [4.69, 9.17) is 4.74 Å². The molecule has 3 N–H and O–H groups in total. The lowest BCUT2D eigenvalue weighted by atomic mass is 10.1. The van der Waals surface area contributed by atoms with Crippen LogP contribution in [0.4, 0.5) is 23.7 Å². The molecule has 6 nitrogen and oxygen atoms in total. The zero-order valence-corrected chi connectivity index (χ0v) is 14.4. The highest BCUT2D eigenvalue weighted by molar-refractivity contribution is 5.94. The third kappa shape index (κ3) is 5.71. The molecule has 0 saturated carbocycles. The average Bonchev–Trinajstić information content (AvgIpc) is 2.68. The molecule has 0 heterocycles. The fourth-order valence-corrected chi connectivity index (χ4v) is 2.23. The summed E-state index contributed by atoms with van der Waals surface area (Å²) in [4.78, 5) is 23.5. The number of carbonyl (C=O) groups excluding carboxylic acids is 2. The quantitative estimate of drug-likeness (QED) is 0.646. The number of ether oxygens (including phenoxy) is 1. The molecule has 2 aromatic rings. The number of benzene rings is 2. The third-order valence-electron chi connectivity index (χ3n) is 3.62. The summed E-state index contributed by atoms with van der Waals surface area (Å²) in [6.45, 7) is -0.334. The minimum Gasteiger partial charge on any atom is -0.375 e.